The number of methoxy groups -OCH3 is 1. The minimum absolute atomic E-state index is 0.00948. The highest BCUT2D eigenvalue weighted by molar-refractivity contribution is 6.46. The number of amides is 1. The molecule has 1 aliphatic heterocycles. The highest BCUT2D eigenvalue weighted by Crippen LogP contribution is 2.40. The quantitative estimate of drug-likeness (QED) is 0.357. The Balaban J connectivity index is 1.72. The fourth-order valence-corrected chi connectivity index (χ4v) is 3.78. The van der Waals surface area contributed by atoms with Crippen LogP contribution >= 0.6 is 0 Å². The predicted molar refractivity (Wildman–Crippen MR) is 112 cm³/mol. The monoisotopic (exact) mass is 421 g/mol. The van der Waals surface area contributed by atoms with Crippen molar-refractivity contribution in [1.82, 2.24) is 14.5 Å². The van der Waals surface area contributed by atoms with Crippen LogP contribution in [0.25, 0.3) is 5.76 Å². The van der Waals surface area contributed by atoms with Crippen molar-refractivity contribution < 1.29 is 23.8 Å². The van der Waals surface area contributed by atoms with E-state index in [2.05, 4.69) is 4.98 Å². The van der Waals surface area contributed by atoms with E-state index in [1.54, 1.807) is 55.8 Å². The number of aliphatic hydroxyl groups is 1. The van der Waals surface area contributed by atoms with E-state index in [1.165, 1.54) is 12.0 Å². The number of carbonyl (C=O) groups is 2. The van der Waals surface area contributed by atoms with Crippen molar-refractivity contribution >= 4 is 17.4 Å². The molecule has 1 N–H and O–H groups in total. The minimum atomic E-state index is -0.803. The first-order valence-electron chi connectivity index (χ1n) is 9.94. The van der Waals surface area contributed by atoms with Gasteiger partial charge in [-0.1, -0.05) is 12.1 Å². The molecule has 4 rings (SSSR count). The fraction of sp³-hybridized carbons (Fsp3) is 0.261. The molecule has 2 aromatic heterocycles. The molecule has 0 spiro atoms. The number of ether oxygens (including phenoxy) is 1. The highest BCUT2D eigenvalue weighted by Gasteiger charge is 2.47. The SMILES string of the molecule is COc1cccc(C(O)=C2C(=O)C(=O)N(CCCn3ccnc3)[C@H]2c2ccc(C)o2)c1. The van der Waals surface area contributed by atoms with Crippen LogP contribution in [0.4, 0.5) is 0 Å². The summed E-state index contributed by atoms with van der Waals surface area (Å²) < 4.78 is 12.9. The molecule has 8 nitrogen and oxygen atoms in total. The number of rotatable bonds is 7. The van der Waals surface area contributed by atoms with Crippen LogP contribution in [0.1, 0.15) is 29.5 Å². The third-order valence-corrected chi connectivity index (χ3v) is 5.29. The van der Waals surface area contributed by atoms with Gasteiger partial charge in [-0.3, -0.25) is 9.59 Å². The summed E-state index contributed by atoms with van der Waals surface area (Å²) in [4.78, 5) is 31.3. The first-order chi connectivity index (χ1) is 15.0. The summed E-state index contributed by atoms with van der Waals surface area (Å²) in [6.07, 6.45) is 5.83. The number of aliphatic hydroxyl groups excluding tert-OH is 1. The molecule has 8 heteroatoms. The molecule has 31 heavy (non-hydrogen) atoms. The predicted octanol–water partition coefficient (Wildman–Crippen LogP) is 3.31. The van der Waals surface area contributed by atoms with Crippen molar-refractivity contribution in [3.8, 4) is 5.75 Å². The van der Waals surface area contributed by atoms with E-state index in [9.17, 15) is 14.7 Å². The van der Waals surface area contributed by atoms with E-state index in [0.29, 0.717) is 42.3 Å². The number of furan rings is 1. The Morgan fingerprint density at radius 2 is 2.06 bits per heavy atom. The van der Waals surface area contributed by atoms with Gasteiger partial charge < -0.3 is 23.7 Å². The third kappa shape index (κ3) is 3.96. The molecule has 0 aliphatic carbocycles. The molecule has 3 heterocycles. The van der Waals surface area contributed by atoms with Gasteiger partial charge >= 0.3 is 0 Å². The first-order valence-corrected chi connectivity index (χ1v) is 9.94. The standard InChI is InChI=1S/C23H23N3O5/c1-15-7-8-18(31-15)20-19(21(27)16-5-3-6-17(13-16)30-2)22(28)23(29)26(20)11-4-10-25-12-9-24-14-25/h3,5-9,12-14,20,27H,4,10-11H2,1-2H3/t20-/m0/s1. The molecule has 1 atom stereocenters. The van der Waals surface area contributed by atoms with Crippen molar-refractivity contribution in [2.45, 2.75) is 25.9 Å². The van der Waals surface area contributed by atoms with Crippen LogP contribution in [0.15, 0.2) is 65.1 Å². The van der Waals surface area contributed by atoms with E-state index in [4.69, 9.17) is 9.15 Å². The lowest BCUT2D eigenvalue weighted by molar-refractivity contribution is -0.140. The number of aryl methyl sites for hydroxylation is 2. The van der Waals surface area contributed by atoms with Crippen molar-refractivity contribution in [1.29, 1.82) is 0 Å². The largest absolute Gasteiger partial charge is 0.507 e. The van der Waals surface area contributed by atoms with Crippen molar-refractivity contribution in [3.63, 3.8) is 0 Å². The van der Waals surface area contributed by atoms with E-state index >= 15 is 0 Å². The topological polar surface area (TPSA) is 97.8 Å². The maximum Gasteiger partial charge on any atom is 0.295 e. The zero-order valence-electron chi connectivity index (χ0n) is 17.3. The Morgan fingerprint density at radius 1 is 1.23 bits per heavy atom. The molecule has 1 aromatic carbocycles. The van der Waals surface area contributed by atoms with Crippen LogP contribution < -0.4 is 4.74 Å². The molecule has 160 valence electrons. The molecular formula is C23H23N3O5. The van der Waals surface area contributed by atoms with Gasteiger partial charge in [0.2, 0.25) is 0 Å². The summed E-state index contributed by atoms with van der Waals surface area (Å²) >= 11 is 0. The Labute approximate surface area is 179 Å². The molecule has 1 aliphatic rings. The number of hydrogen-bond acceptors (Lipinski definition) is 6. The van der Waals surface area contributed by atoms with Crippen molar-refractivity contribution in [3.05, 3.63) is 77.8 Å². The van der Waals surface area contributed by atoms with Crippen LogP contribution in [0.5, 0.6) is 5.75 Å². The van der Waals surface area contributed by atoms with Gasteiger partial charge in [0.1, 0.15) is 29.1 Å². The van der Waals surface area contributed by atoms with Crippen LogP contribution in [0.2, 0.25) is 0 Å². The van der Waals surface area contributed by atoms with Gasteiger partial charge in [0.25, 0.3) is 11.7 Å². The Bertz CT molecular complexity index is 1130. The minimum Gasteiger partial charge on any atom is -0.507 e. The normalized spacial score (nSPS) is 18.0. The first kappa shape index (κ1) is 20.5. The number of imidazole rings is 1. The molecule has 0 saturated carbocycles. The summed E-state index contributed by atoms with van der Waals surface area (Å²) in [6.45, 7) is 2.75. The third-order valence-electron chi connectivity index (χ3n) is 5.29. The second kappa shape index (κ2) is 8.51. The number of nitrogens with zero attached hydrogens (tertiary/aromatic N) is 3. The lowest BCUT2D eigenvalue weighted by Crippen LogP contribution is -2.31. The number of carbonyl (C=O) groups excluding carboxylic acids is 2. The number of likely N-dealkylation sites (tertiary alicyclic amines) is 1. The molecule has 0 unspecified atom stereocenters. The lowest BCUT2D eigenvalue weighted by Gasteiger charge is -2.23. The Morgan fingerprint density at radius 3 is 2.74 bits per heavy atom. The fourth-order valence-electron chi connectivity index (χ4n) is 3.78. The molecule has 1 saturated heterocycles. The highest BCUT2D eigenvalue weighted by atomic mass is 16.5. The summed E-state index contributed by atoms with van der Waals surface area (Å²) in [5.41, 5.74) is 0.402. The van der Waals surface area contributed by atoms with Crippen LogP contribution in [0, 0.1) is 6.92 Å². The number of ketones is 1. The van der Waals surface area contributed by atoms with Gasteiger partial charge in [-0.25, -0.2) is 4.98 Å². The van der Waals surface area contributed by atoms with Gasteiger partial charge in [0, 0.05) is 31.0 Å². The van der Waals surface area contributed by atoms with Gasteiger partial charge in [-0.15, -0.1) is 0 Å². The molecule has 1 fully saturated rings. The second-order valence-corrected chi connectivity index (χ2v) is 7.33. The van der Waals surface area contributed by atoms with Gasteiger partial charge in [0.15, 0.2) is 0 Å². The number of aromatic nitrogens is 2. The molecule has 0 bridgehead atoms. The summed E-state index contributed by atoms with van der Waals surface area (Å²) in [5, 5.41) is 11.0. The van der Waals surface area contributed by atoms with E-state index in [-0.39, 0.29) is 11.3 Å². The number of hydrogen-bond donors (Lipinski definition) is 1. The Hall–Kier alpha value is -3.81. The molecule has 3 aromatic rings. The molecule has 0 radical (unpaired) electrons. The molecular weight excluding hydrogens is 398 g/mol. The van der Waals surface area contributed by atoms with Crippen molar-refractivity contribution in [2.75, 3.05) is 13.7 Å². The van der Waals surface area contributed by atoms with Gasteiger partial charge in [-0.2, -0.15) is 0 Å². The summed E-state index contributed by atoms with van der Waals surface area (Å²) in [5.74, 6) is -0.0299. The van der Waals surface area contributed by atoms with Crippen LogP contribution in [-0.2, 0) is 16.1 Å². The van der Waals surface area contributed by atoms with Crippen LogP contribution in [-0.4, -0.2) is 44.9 Å². The van der Waals surface area contributed by atoms with Crippen LogP contribution in [0.3, 0.4) is 0 Å². The molecule has 1 amide bonds. The smallest absolute Gasteiger partial charge is 0.295 e. The number of benzene rings is 1. The maximum atomic E-state index is 13.0. The van der Waals surface area contributed by atoms with Crippen molar-refractivity contribution in [2.24, 2.45) is 0 Å². The summed E-state index contributed by atoms with van der Waals surface area (Å²) in [7, 11) is 1.52. The average Bonchev–Trinajstić information content (AvgIpc) is 3.50. The van der Waals surface area contributed by atoms with Gasteiger partial charge in [0.05, 0.1) is 19.0 Å². The lowest BCUT2D eigenvalue weighted by atomic mass is 9.99. The Kier molecular flexibility index (Phi) is 5.62. The summed E-state index contributed by atoms with van der Waals surface area (Å²) in [6, 6.07) is 9.42. The zero-order valence-corrected chi connectivity index (χ0v) is 17.3. The zero-order chi connectivity index (χ0) is 22.0. The maximum absolute atomic E-state index is 13.0. The number of Topliss-reactive ketones (excluding diaryl/α,β-unsaturated/α-hetero) is 1. The van der Waals surface area contributed by atoms with E-state index < -0.39 is 17.7 Å². The average molecular weight is 421 g/mol. The van der Waals surface area contributed by atoms with E-state index in [1.807, 2.05) is 10.8 Å². The van der Waals surface area contributed by atoms with E-state index in [0.717, 1.165) is 0 Å². The second-order valence-electron chi connectivity index (χ2n) is 7.33. The van der Waals surface area contributed by atoms with Gasteiger partial charge in [-0.05, 0) is 37.6 Å².